The minimum atomic E-state index is 0. The molecular weight excluding hydrogens is 420 g/mol. The zero-order valence-electron chi connectivity index (χ0n) is 17.5. The highest BCUT2D eigenvalue weighted by Crippen LogP contribution is 2.31. The molecule has 0 spiro atoms. The Morgan fingerprint density at radius 3 is 2.50 bits per heavy atom. The lowest BCUT2D eigenvalue weighted by Crippen LogP contribution is -2.43. The highest BCUT2D eigenvalue weighted by Gasteiger charge is 2.13. The van der Waals surface area contributed by atoms with Crippen LogP contribution in [0.15, 0.2) is 73.3 Å². The van der Waals surface area contributed by atoms with Crippen LogP contribution in [0.3, 0.4) is 0 Å². The van der Waals surface area contributed by atoms with Crippen LogP contribution in [-0.2, 0) is 0 Å². The van der Waals surface area contributed by atoms with Gasteiger partial charge in [-0.3, -0.25) is 9.97 Å². The van der Waals surface area contributed by atoms with Crippen molar-refractivity contribution < 1.29 is 0 Å². The minimum Gasteiger partial charge on any atom is -0.369 e. The van der Waals surface area contributed by atoms with Crippen LogP contribution in [0.4, 0.5) is 5.69 Å². The number of piperazine rings is 1. The van der Waals surface area contributed by atoms with Gasteiger partial charge < -0.3 is 15.2 Å². The smallest absolute Gasteiger partial charge is 0.138 e. The van der Waals surface area contributed by atoms with Crippen LogP contribution in [0.25, 0.3) is 44.3 Å². The fraction of sp³-hybridized carbons (Fsp3) is 0.160. The lowest BCUT2D eigenvalue weighted by atomic mass is 10.0. The van der Waals surface area contributed by atoms with Gasteiger partial charge in [-0.15, -0.1) is 12.4 Å². The van der Waals surface area contributed by atoms with E-state index in [2.05, 4.69) is 61.6 Å². The summed E-state index contributed by atoms with van der Waals surface area (Å²) < 4.78 is 0. The first-order valence-electron chi connectivity index (χ1n) is 10.6. The maximum atomic E-state index is 4.72. The van der Waals surface area contributed by atoms with Crippen molar-refractivity contribution in [2.24, 2.45) is 0 Å². The number of aromatic nitrogens is 4. The quantitative estimate of drug-likeness (QED) is 0.425. The number of hydrogen-bond donors (Lipinski definition) is 2. The van der Waals surface area contributed by atoms with Gasteiger partial charge in [-0.1, -0.05) is 12.1 Å². The number of aromatic amines is 1. The first kappa shape index (κ1) is 20.4. The van der Waals surface area contributed by atoms with E-state index in [-0.39, 0.29) is 12.4 Å². The standard InChI is InChI=1S/C25H22N6.ClH/c1-3-17(11-20(5-1)31-9-7-26-8-10-31)19-12-22-21-13-23(18-4-2-6-27-14-18)28-16-24(21)30-25(22)29-15-19;/h1-6,11-16,26H,7-10H2,(H,29,30);1H. The van der Waals surface area contributed by atoms with Gasteiger partial charge >= 0.3 is 0 Å². The van der Waals surface area contributed by atoms with Crippen molar-refractivity contribution in [1.82, 2.24) is 25.3 Å². The summed E-state index contributed by atoms with van der Waals surface area (Å²) in [6, 6.07) is 17.1. The summed E-state index contributed by atoms with van der Waals surface area (Å²) in [6.45, 7) is 4.13. The molecule has 1 saturated heterocycles. The molecule has 0 saturated carbocycles. The Kier molecular flexibility index (Phi) is 5.47. The normalized spacial score (nSPS) is 13.9. The molecule has 5 aromatic rings. The molecule has 0 atom stereocenters. The molecule has 4 aromatic heterocycles. The number of fused-ring (bicyclic) bond motifs is 3. The maximum Gasteiger partial charge on any atom is 0.138 e. The van der Waals surface area contributed by atoms with E-state index < -0.39 is 0 Å². The molecule has 6 rings (SSSR count). The SMILES string of the molecule is Cl.c1cncc(-c2cc3c(cn2)[nH]c2ncc(-c4cccc(N5CCNCC5)c4)cc23)c1. The van der Waals surface area contributed by atoms with E-state index in [1.807, 2.05) is 30.7 Å². The fourth-order valence-electron chi connectivity index (χ4n) is 4.31. The number of nitrogens with zero attached hydrogens (tertiary/aromatic N) is 4. The molecule has 7 heteroatoms. The Hall–Kier alpha value is -3.48. The third-order valence-corrected chi connectivity index (χ3v) is 5.95. The number of pyridine rings is 3. The van der Waals surface area contributed by atoms with Gasteiger partial charge in [-0.05, 0) is 42.0 Å². The molecule has 0 amide bonds. The van der Waals surface area contributed by atoms with Gasteiger partial charge in [0.25, 0.3) is 0 Å². The molecule has 1 aliphatic rings. The van der Waals surface area contributed by atoms with Crippen LogP contribution >= 0.6 is 12.4 Å². The monoisotopic (exact) mass is 442 g/mol. The molecule has 1 aromatic carbocycles. The first-order chi connectivity index (χ1) is 15.3. The molecule has 6 nitrogen and oxygen atoms in total. The fourth-order valence-corrected chi connectivity index (χ4v) is 4.31. The van der Waals surface area contributed by atoms with Crippen LogP contribution in [0.1, 0.15) is 0 Å². The van der Waals surface area contributed by atoms with Gasteiger partial charge in [0.05, 0.1) is 17.4 Å². The van der Waals surface area contributed by atoms with Crippen molar-refractivity contribution >= 4 is 40.0 Å². The van der Waals surface area contributed by atoms with Gasteiger partial charge in [0.2, 0.25) is 0 Å². The van der Waals surface area contributed by atoms with E-state index in [4.69, 9.17) is 4.98 Å². The van der Waals surface area contributed by atoms with Crippen molar-refractivity contribution in [3.63, 3.8) is 0 Å². The topological polar surface area (TPSA) is 69.7 Å². The van der Waals surface area contributed by atoms with Crippen molar-refractivity contribution in [2.45, 2.75) is 0 Å². The van der Waals surface area contributed by atoms with Gasteiger partial charge in [0.1, 0.15) is 5.65 Å². The number of halogens is 1. The summed E-state index contributed by atoms with van der Waals surface area (Å²) in [7, 11) is 0. The molecule has 0 radical (unpaired) electrons. The van der Waals surface area contributed by atoms with E-state index in [0.29, 0.717) is 0 Å². The van der Waals surface area contributed by atoms with Crippen molar-refractivity contribution in [1.29, 1.82) is 0 Å². The van der Waals surface area contributed by atoms with Crippen LogP contribution in [-0.4, -0.2) is 46.1 Å². The summed E-state index contributed by atoms with van der Waals surface area (Å²) in [6.07, 6.45) is 7.45. The van der Waals surface area contributed by atoms with Gasteiger partial charge in [0.15, 0.2) is 0 Å². The summed E-state index contributed by atoms with van der Waals surface area (Å²) in [4.78, 5) is 19.4. The van der Waals surface area contributed by atoms with E-state index in [1.54, 1.807) is 6.20 Å². The van der Waals surface area contributed by atoms with Crippen molar-refractivity contribution in [3.05, 3.63) is 73.3 Å². The predicted octanol–water partition coefficient (Wildman–Crippen LogP) is 4.67. The number of H-pyrrole nitrogens is 1. The van der Waals surface area contributed by atoms with E-state index in [1.165, 1.54) is 11.3 Å². The molecule has 32 heavy (non-hydrogen) atoms. The predicted molar refractivity (Wildman–Crippen MR) is 132 cm³/mol. The summed E-state index contributed by atoms with van der Waals surface area (Å²) in [5, 5.41) is 5.64. The molecule has 1 fully saturated rings. The molecule has 1 aliphatic heterocycles. The highest BCUT2D eigenvalue weighted by molar-refractivity contribution is 6.07. The van der Waals surface area contributed by atoms with Crippen LogP contribution in [0.5, 0.6) is 0 Å². The zero-order chi connectivity index (χ0) is 20.6. The lowest BCUT2D eigenvalue weighted by molar-refractivity contribution is 0.589. The molecular formula is C25H23ClN6. The Morgan fingerprint density at radius 2 is 1.66 bits per heavy atom. The molecule has 0 bridgehead atoms. The number of anilines is 1. The average Bonchev–Trinajstić information content (AvgIpc) is 3.22. The molecule has 160 valence electrons. The second-order valence-corrected chi connectivity index (χ2v) is 7.89. The minimum absolute atomic E-state index is 0. The molecule has 2 N–H and O–H groups in total. The summed E-state index contributed by atoms with van der Waals surface area (Å²) in [5.74, 6) is 0. The summed E-state index contributed by atoms with van der Waals surface area (Å²) in [5.41, 5.74) is 7.34. The third-order valence-electron chi connectivity index (χ3n) is 5.95. The zero-order valence-corrected chi connectivity index (χ0v) is 18.3. The van der Waals surface area contributed by atoms with E-state index in [0.717, 1.165) is 64.9 Å². The Balaban J connectivity index is 0.00000216. The Labute approximate surface area is 192 Å². The Morgan fingerprint density at radius 1 is 0.781 bits per heavy atom. The Bertz CT molecular complexity index is 1380. The summed E-state index contributed by atoms with van der Waals surface area (Å²) >= 11 is 0. The second-order valence-electron chi connectivity index (χ2n) is 7.89. The van der Waals surface area contributed by atoms with Gasteiger partial charge in [-0.25, -0.2) is 4.98 Å². The highest BCUT2D eigenvalue weighted by atomic mass is 35.5. The lowest BCUT2D eigenvalue weighted by Gasteiger charge is -2.29. The van der Waals surface area contributed by atoms with E-state index >= 15 is 0 Å². The molecule has 0 aliphatic carbocycles. The maximum absolute atomic E-state index is 4.72. The van der Waals surface area contributed by atoms with Crippen molar-refractivity contribution in [2.75, 3.05) is 31.1 Å². The largest absolute Gasteiger partial charge is 0.369 e. The molecule has 0 unspecified atom stereocenters. The van der Waals surface area contributed by atoms with Gasteiger partial charge in [-0.2, -0.15) is 0 Å². The van der Waals surface area contributed by atoms with E-state index in [9.17, 15) is 0 Å². The second kappa shape index (κ2) is 8.57. The number of rotatable bonds is 3. The first-order valence-corrected chi connectivity index (χ1v) is 10.6. The van der Waals surface area contributed by atoms with Gasteiger partial charge in [0, 0.05) is 72.4 Å². The van der Waals surface area contributed by atoms with Crippen LogP contribution < -0.4 is 10.2 Å². The number of benzene rings is 1. The van der Waals surface area contributed by atoms with Crippen LogP contribution in [0, 0.1) is 0 Å². The number of nitrogens with one attached hydrogen (secondary N) is 2. The average molecular weight is 443 g/mol. The molecule has 5 heterocycles. The van der Waals surface area contributed by atoms with Crippen molar-refractivity contribution in [3.8, 4) is 22.4 Å². The number of hydrogen-bond acceptors (Lipinski definition) is 5. The third kappa shape index (κ3) is 3.68. The van der Waals surface area contributed by atoms with Crippen LogP contribution in [0.2, 0.25) is 0 Å².